The number of anilines is 4. The molecule has 2 saturated heterocycles. The summed E-state index contributed by atoms with van der Waals surface area (Å²) in [5, 5.41) is 6.76. The number of rotatable bonds is 13. The molecular weight excluding hydrogens is 861 g/mol. The quantitative estimate of drug-likeness (QED) is 0.0961. The molecule has 14 nitrogen and oxygen atoms in total. The van der Waals surface area contributed by atoms with E-state index in [2.05, 4.69) is 30.6 Å². The van der Waals surface area contributed by atoms with Crippen LogP contribution in [-0.2, 0) is 26.1 Å². The van der Waals surface area contributed by atoms with Crippen molar-refractivity contribution in [2.24, 2.45) is 0 Å². The number of amides is 1. The van der Waals surface area contributed by atoms with Crippen molar-refractivity contribution in [1.82, 2.24) is 19.9 Å². The van der Waals surface area contributed by atoms with Crippen molar-refractivity contribution in [3.8, 4) is 0 Å². The Balaban J connectivity index is 0.000000231. The van der Waals surface area contributed by atoms with Crippen LogP contribution < -0.4 is 20.4 Å². The summed E-state index contributed by atoms with van der Waals surface area (Å²) in [4.78, 5) is 33.7. The van der Waals surface area contributed by atoms with Gasteiger partial charge in [-0.15, -0.1) is 0 Å². The molecule has 0 aromatic carbocycles. The molecule has 0 spiro atoms. The number of aromatic nitrogens is 4. The molecule has 0 aliphatic carbocycles. The van der Waals surface area contributed by atoms with E-state index >= 15 is 0 Å². The van der Waals surface area contributed by atoms with E-state index in [1.807, 2.05) is 49.6 Å². The molecule has 4 aromatic rings. The van der Waals surface area contributed by atoms with E-state index < -0.39 is 33.4 Å². The van der Waals surface area contributed by atoms with E-state index in [0.717, 1.165) is 40.0 Å². The summed E-state index contributed by atoms with van der Waals surface area (Å²) in [6.07, 6.45) is -0.239. The van der Waals surface area contributed by atoms with Gasteiger partial charge in [0.1, 0.15) is 38.6 Å². The highest BCUT2D eigenvalue weighted by atomic mass is 32.2. The van der Waals surface area contributed by atoms with Gasteiger partial charge in [-0.3, -0.25) is 5.32 Å². The van der Waals surface area contributed by atoms with Crippen molar-refractivity contribution in [2.75, 3.05) is 65.2 Å². The van der Waals surface area contributed by atoms with Crippen LogP contribution in [0.3, 0.4) is 0 Å². The van der Waals surface area contributed by atoms with Gasteiger partial charge in [0.05, 0.1) is 28.5 Å². The summed E-state index contributed by atoms with van der Waals surface area (Å²) < 4.78 is 93.5. The second-order valence-electron chi connectivity index (χ2n) is 16.1. The molecule has 4 aromatic heterocycles. The lowest BCUT2D eigenvalue weighted by Crippen LogP contribution is -2.39. The van der Waals surface area contributed by atoms with Crippen LogP contribution in [0.5, 0.6) is 0 Å². The lowest BCUT2D eigenvalue weighted by Gasteiger charge is -2.33. The second-order valence-corrected chi connectivity index (χ2v) is 20.2. The van der Waals surface area contributed by atoms with Crippen LogP contribution >= 0.6 is 23.5 Å². The fraction of sp³-hybridized carbons (Fsp3) is 0.575. The summed E-state index contributed by atoms with van der Waals surface area (Å²) in [5.41, 5.74) is 3.91. The monoisotopic (exact) mass is 914 g/mol. The van der Waals surface area contributed by atoms with Crippen molar-refractivity contribution in [3.05, 3.63) is 58.6 Å². The van der Waals surface area contributed by atoms with E-state index in [9.17, 15) is 30.8 Å². The van der Waals surface area contributed by atoms with Crippen LogP contribution in [-0.4, -0.2) is 96.6 Å². The normalized spacial score (nSPS) is 16.5. The highest BCUT2D eigenvalue weighted by molar-refractivity contribution is 7.98. The zero-order valence-electron chi connectivity index (χ0n) is 35.7. The maximum Gasteiger partial charge on any atom is 0.413 e. The molecule has 21 heteroatoms. The molecular formula is C40H54F4N8O6S3. The second kappa shape index (κ2) is 19.9. The number of carbonyl (C=O) groups excluding carboxylic acids is 1. The standard InChI is InChI=1S/C21H28F2N4O3S.C19H26F2N4O3S2/c1-13-14(2)29-19(24-13)31-12-15-10-16(27-8-6-21(22,23)7-9-27)11-17(25-15)26-18(28)30-20(3,4)5;1-13-14(2)28-18(23-13)29-12-15-10-16(25-7-4-19(20,21)5-8-25)11-17(24-15)22-6-9-30(3,26)27/h10-11H,6-9,12H2,1-5H3,(H,25,26,28);10-11H,4-9,12H2,1-3H3,(H,22,24). The predicted molar refractivity (Wildman–Crippen MR) is 230 cm³/mol. The number of thioether (sulfide) groups is 2. The van der Waals surface area contributed by atoms with Crippen molar-refractivity contribution < 1.29 is 44.3 Å². The van der Waals surface area contributed by atoms with E-state index in [0.29, 0.717) is 39.3 Å². The largest absolute Gasteiger partial charge is 0.444 e. The zero-order chi connectivity index (χ0) is 44.8. The maximum atomic E-state index is 13.6. The summed E-state index contributed by atoms with van der Waals surface area (Å²) in [7, 11) is -3.10. The van der Waals surface area contributed by atoms with Crippen molar-refractivity contribution in [1.29, 1.82) is 0 Å². The molecule has 1 amide bonds. The molecule has 2 N–H and O–H groups in total. The number of piperidine rings is 2. The number of hydrogen-bond acceptors (Lipinski definition) is 15. The van der Waals surface area contributed by atoms with Gasteiger partial charge in [0.25, 0.3) is 22.3 Å². The summed E-state index contributed by atoms with van der Waals surface area (Å²) >= 11 is 2.78. The molecule has 6 rings (SSSR count). The fourth-order valence-electron chi connectivity index (χ4n) is 6.05. The predicted octanol–water partition coefficient (Wildman–Crippen LogP) is 9.23. The number of halogens is 4. The molecule has 61 heavy (non-hydrogen) atoms. The fourth-order valence-corrected chi connectivity index (χ4v) is 8.13. The van der Waals surface area contributed by atoms with Gasteiger partial charge in [-0.05, 0) is 60.6 Å². The summed E-state index contributed by atoms with van der Waals surface area (Å²) in [6, 6.07) is 7.18. The molecule has 0 bridgehead atoms. The first-order chi connectivity index (χ1) is 28.4. The number of sulfone groups is 1. The van der Waals surface area contributed by atoms with E-state index in [4.69, 9.17) is 13.6 Å². The third-order valence-corrected chi connectivity index (χ3v) is 12.2. The van der Waals surface area contributed by atoms with E-state index in [1.54, 1.807) is 32.9 Å². The average Bonchev–Trinajstić information content (AvgIpc) is 3.65. The van der Waals surface area contributed by atoms with Crippen LogP contribution in [0.1, 0.15) is 80.8 Å². The van der Waals surface area contributed by atoms with Crippen LogP contribution in [0.4, 0.5) is 45.4 Å². The summed E-state index contributed by atoms with van der Waals surface area (Å²) in [5.74, 6) is -2.02. The van der Waals surface area contributed by atoms with Gasteiger partial charge in [0.2, 0.25) is 0 Å². The number of pyridine rings is 2. The minimum absolute atomic E-state index is 0.0200. The molecule has 0 saturated carbocycles. The minimum Gasteiger partial charge on any atom is -0.444 e. The highest BCUT2D eigenvalue weighted by Gasteiger charge is 2.35. The van der Waals surface area contributed by atoms with Gasteiger partial charge in [0.15, 0.2) is 0 Å². The number of alkyl halides is 4. The van der Waals surface area contributed by atoms with Crippen LogP contribution in [0.2, 0.25) is 0 Å². The van der Waals surface area contributed by atoms with Crippen LogP contribution in [0.25, 0.3) is 0 Å². The number of nitrogens with one attached hydrogen (secondary N) is 2. The number of ether oxygens (including phenoxy) is 1. The molecule has 6 heterocycles. The first-order valence-corrected chi connectivity index (χ1v) is 23.8. The van der Waals surface area contributed by atoms with Gasteiger partial charge in [0, 0.05) is 99.7 Å². The number of nitrogens with zero attached hydrogens (tertiary/aromatic N) is 6. The Labute approximate surface area is 362 Å². The Kier molecular flexibility index (Phi) is 15.6. The van der Waals surface area contributed by atoms with Gasteiger partial charge < -0.3 is 28.7 Å². The molecule has 0 unspecified atom stereocenters. The topological polar surface area (TPSA) is 169 Å². The summed E-state index contributed by atoms with van der Waals surface area (Å²) in [6.45, 7) is 13.9. The molecule has 2 aliphatic heterocycles. The number of carbonyl (C=O) groups is 1. The number of aryl methyl sites for hydroxylation is 4. The Hall–Kier alpha value is -4.24. The van der Waals surface area contributed by atoms with E-state index in [-0.39, 0.29) is 64.2 Å². The third kappa shape index (κ3) is 15.6. The van der Waals surface area contributed by atoms with Gasteiger partial charge in [-0.2, -0.15) is 0 Å². The number of hydrogen-bond donors (Lipinski definition) is 2. The lowest BCUT2D eigenvalue weighted by atomic mass is 10.1. The van der Waals surface area contributed by atoms with Gasteiger partial charge in [-0.1, -0.05) is 23.5 Å². The van der Waals surface area contributed by atoms with Crippen molar-refractivity contribution in [2.45, 2.75) is 114 Å². The van der Waals surface area contributed by atoms with Gasteiger partial charge in [-0.25, -0.2) is 50.7 Å². The first kappa shape index (κ1) is 47.8. The Morgan fingerprint density at radius 2 is 1.18 bits per heavy atom. The Morgan fingerprint density at radius 1 is 0.754 bits per heavy atom. The molecule has 0 radical (unpaired) electrons. The molecule has 2 aliphatic rings. The highest BCUT2D eigenvalue weighted by Crippen LogP contribution is 2.34. The van der Waals surface area contributed by atoms with Crippen LogP contribution in [0, 0.1) is 27.7 Å². The zero-order valence-corrected chi connectivity index (χ0v) is 38.1. The smallest absolute Gasteiger partial charge is 0.413 e. The average molecular weight is 915 g/mol. The molecule has 2 fully saturated rings. The molecule has 336 valence electrons. The van der Waals surface area contributed by atoms with Crippen molar-refractivity contribution in [3.63, 3.8) is 0 Å². The maximum absolute atomic E-state index is 13.6. The third-order valence-electron chi connectivity index (χ3n) is 9.56. The minimum atomic E-state index is -3.10. The Morgan fingerprint density at radius 3 is 1.57 bits per heavy atom. The molecule has 0 atom stereocenters. The number of oxazole rings is 2. The van der Waals surface area contributed by atoms with Crippen LogP contribution in [0.15, 0.2) is 43.5 Å². The first-order valence-electron chi connectivity index (χ1n) is 19.7. The Bertz CT molecular complexity index is 2190. The lowest BCUT2D eigenvalue weighted by molar-refractivity contribution is -0.0226. The van der Waals surface area contributed by atoms with Gasteiger partial charge >= 0.3 is 6.09 Å². The SMILES string of the molecule is Cc1nc(SCc2cc(N3CCC(F)(F)CC3)cc(NC(=O)OC(C)(C)C)n2)oc1C.Cc1nc(SCc2cc(N3CCC(F)(F)CC3)cc(NCCS(C)(=O)=O)n2)oc1C. The van der Waals surface area contributed by atoms with E-state index in [1.165, 1.54) is 29.8 Å². The van der Waals surface area contributed by atoms with Crippen molar-refractivity contribution >= 4 is 62.5 Å².